The molecule has 0 amide bonds. The molecule has 0 saturated carbocycles. The average Bonchev–Trinajstić information content (AvgIpc) is 2.30. The second-order valence-electron chi connectivity index (χ2n) is 3.96. The summed E-state index contributed by atoms with van der Waals surface area (Å²) in [6, 6.07) is 15.4. The molecule has 82 valence electrons. The molecule has 0 aliphatic heterocycles. The number of rotatable bonds is 2. The Morgan fingerprint density at radius 3 is 1.75 bits per heavy atom. The molecule has 2 heteroatoms. The van der Waals surface area contributed by atoms with Crippen molar-refractivity contribution in [3.8, 4) is 16.9 Å². The predicted octanol–water partition coefficient (Wildman–Crippen LogP) is 3.08. The SMILES string of the molecule is C[C@@H](N)c1ccc(-c2ccc(O)cc2)cc1. The van der Waals surface area contributed by atoms with Gasteiger partial charge in [-0.1, -0.05) is 36.4 Å². The lowest BCUT2D eigenvalue weighted by atomic mass is 10.0. The summed E-state index contributed by atoms with van der Waals surface area (Å²) in [6.45, 7) is 1.97. The average molecular weight is 213 g/mol. The van der Waals surface area contributed by atoms with Crippen molar-refractivity contribution in [3.05, 3.63) is 54.1 Å². The van der Waals surface area contributed by atoms with Crippen LogP contribution in [0.4, 0.5) is 0 Å². The van der Waals surface area contributed by atoms with Crippen LogP contribution in [0.1, 0.15) is 18.5 Å². The number of hydrogen-bond acceptors (Lipinski definition) is 2. The first-order valence-electron chi connectivity index (χ1n) is 5.32. The molecule has 0 spiro atoms. The molecule has 0 heterocycles. The molecule has 0 bridgehead atoms. The summed E-state index contributed by atoms with van der Waals surface area (Å²) in [7, 11) is 0. The molecular formula is C14H15NO. The van der Waals surface area contributed by atoms with Crippen LogP contribution in [-0.2, 0) is 0 Å². The fourth-order valence-corrected chi connectivity index (χ4v) is 1.63. The van der Waals surface area contributed by atoms with Crippen molar-refractivity contribution in [1.29, 1.82) is 0 Å². The molecule has 0 radical (unpaired) electrons. The number of hydrogen-bond donors (Lipinski definition) is 2. The van der Waals surface area contributed by atoms with E-state index in [1.807, 2.05) is 43.3 Å². The number of benzene rings is 2. The third-order valence-electron chi connectivity index (χ3n) is 2.64. The molecule has 1 atom stereocenters. The Bertz CT molecular complexity index is 457. The van der Waals surface area contributed by atoms with Gasteiger partial charge in [-0.25, -0.2) is 0 Å². The topological polar surface area (TPSA) is 46.2 Å². The second-order valence-corrected chi connectivity index (χ2v) is 3.96. The minimum atomic E-state index is 0.0638. The van der Waals surface area contributed by atoms with Gasteiger partial charge in [0.1, 0.15) is 5.75 Å². The van der Waals surface area contributed by atoms with Crippen molar-refractivity contribution in [3.63, 3.8) is 0 Å². The van der Waals surface area contributed by atoms with Crippen LogP contribution in [0, 0.1) is 0 Å². The van der Waals surface area contributed by atoms with Crippen molar-refractivity contribution in [2.45, 2.75) is 13.0 Å². The van der Waals surface area contributed by atoms with Crippen molar-refractivity contribution in [1.82, 2.24) is 0 Å². The van der Waals surface area contributed by atoms with E-state index in [1.165, 1.54) is 0 Å². The molecule has 3 N–H and O–H groups in total. The molecule has 2 aromatic rings. The van der Waals surface area contributed by atoms with Gasteiger partial charge in [-0.05, 0) is 35.7 Å². The number of phenolic OH excluding ortho intramolecular Hbond substituents is 1. The van der Waals surface area contributed by atoms with Crippen molar-refractivity contribution < 1.29 is 5.11 Å². The van der Waals surface area contributed by atoms with Crippen LogP contribution in [-0.4, -0.2) is 5.11 Å². The highest BCUT2D eigenvalue weighted by atomic mass is 16.3. The van der Waals surface area contributed by atoms with E-state index in [0.717, 1.165) is 16.7 Å². The molecule has 2 rings (SSSR count). The third kappa shape index (κ3) is 2.23. The van der Waals surface area contributed by atoms with E-state index in [9.17, 15) is 5.11 Å². The lowest BCUT2D eigenvalue weighted by Gasteiger charge is -2.07. The van der Waals surface area contributed by atoms with Gasteiger partial charge in [0.25, 0.3) is 0 Å². The zero-order valence-corrected chi connectivity index (χ0v) is 9.22. The van der Waals surface area contributed by atoms with Gasteiger partial charge >= 0.3 is 0 Å². The molecule has 0 saturated heterocycles. The molecular weight excluding hydrogens is 198 g/mol. The summed E-state index contributed by atoms with van der Waals surface area (Å²) in [5.41, 5.74) is 9.14. The molecule has 2 nitrogen and oxygen atoms in total. The van der Waals surface area contributed by atoms with Crippen LogP contribution < -0.4 is 5.73 Å². The first-order valence-corrected chi connectivity index (χ1v) is 5.32. The van der Waals surface area contributed by atoms with E-state index in [1.54, 1.807) is 12.1 Å². The monoisotopic (exact) mass is 213 g/mol. The third-order valence-corrected chi connectivity index (χ3v) is 2.64. The Morgan fingerprint density at radius 2 is 1.31 bits per heavy atom. The Hall–Kier alpha value is -1.80. The van der Waals surface area contributed by atoms with E-state index in [-0.39, 0.29) is 11.8 Å². The molecule has 0 unspecified atom stereocenters. The summed E-state index contributed by atoms with van der Waals surface area (Å²) in [5.74, 6) is 0.288. The van der Waals surface area contributed by atoms with Crippen LogP contribution in [0.5, 0.6) is 5.75 Å². The van der Waals surface area contributed by atoms with Gasteiger partial charge in [0, 0.05) is 6.04 Å². The van der Waals surface area contributed by atoms with E-state index in [4.69, 9.17) is 5.73 Å². The molecule has 0 aliphatic rings. The van der Waals surface area contributed by atoms with Gasteiger partial charge in [0.15, 0.2) is 0 Å². The summed E-state index contributed by atoms with van der Waals surface area (Å²) in [4.78, 5) is 0. The van der Waals surface area contributed by atoms with Crippen molar-refractivity contribution in [2.75, 3.05) is 0 Å². The molecule has 2 aromatic carbocycles. The molecule has 0 fully saturated rings. The summed E-state index contributed by atoms with van der Waals surface area (Å²) in [6.07, 6.45) is 0. The normalized spacial score (nSPS) is 12.4. The molecule has 0 aromatic heterocycles. The minimum Gasteiger partial charge on any atom is -0.508 e. The predicted molar refractivity (Wildman–Crippen MR) is 66.1 cm³/mol. The number of phenols is 1. The first-order chi connectivity index (χ1) is 7.66. The Balaban J connectivity index is 2.31. The van der Waals surface area contributed by atoms with Gasteiger partial charge in [0.05, 0.1) is 0 Å². The summed E-state index contributed by atoms with van der Waals surface area (Å²) >= 11 is 0. The fourth-order valence-electron chi connectivity index (χ4n) is 1.63. The summed E-state index contributed by atoms with van der Waals surface area (Å²) in [5, 5.41) is 9.20. The van der Waals surface area contributed by atoms with Crippen LogP contribution in [0.2, 0.25) is 0 Å². The smallest absolute Gasteiger partial charge is 0.115 e. The van der Waals surface area contributed by atoms with E-state index >= 15 is 0 Å². The van der Waals surface area contributed by atoms with Crippen LogP contribution in [0.3, 0.4) is 0 Å². The number of nitrogens with two attached hydrogens (primary N) is 1. The van der Waals surface area contributed by atoms with Crippen LogP contribution >= 0.6 is 0 Å². The molecule has 16 heavy (non-hydrogen) atoms. The van der Waals surface area contributed by atoms with Gasteiger partial charge in [-0.2, -0.15) is 0 Å². The lowest BCUT2D eigenvalue weighted by molar-refractivity contribution is 0.475. The van der Waals surface area contributed by atoms with E-state index in [0.29, 0.717) is 0 Å². The maximum Gasteiger partial charge on any atom is 0.115 e. The van der Waals surface area contributed by atoms with E-state index < -0.39 is 0 Å². The summed E-state index contributed by atoms with van der Waals surface area (Å²) < 4.78 is 0. The Kier molecular flexibility index (Phi) is 2.93. The quantitative estimate of drug-likeness (QED) is 0.805. The maximum atomic E-state index is 9.20. The van der Waals surface area contributed by atoms with Gasteiger partial charge in [-0.3, -0.25) is 0 Å². The van der Waals surface area contributed by atoms with Crippen molar-refractivity contribution in [2.24, 2.45) is 5.73 Å². The number of aromatic hydroxyl groups is 1. The highest BCUT2D eigenvalue weighted by Gasteiger charge is 2.00. The maximum absolute atomic E-state index is 9.20. The van der Waals surface area contributed by atoms with Crippen LogP contribution in [0.25, 0.3) is 11.1 Å². The minimum absolute atomic E-state index is 0.0638. The standard InChI is InChI=1S/C14H15NO/c1-10(15)11-2-4-12(5-3-11)13-6-8-14(16)9-7-13/h2-10,16H,15H2,1H3/t10-/m1/s1. The lowest BCUT2D eigenvalue weighted by Crippen LogP contribution is -2.04. The van der Waals surface area contributed by atoms with Gasteiger partial charge < -0.3 is 10.8 Å². The Labute approximate surface area is 95.4 Å². The zero-order valence-electron chi connectivity index (χ0n) is 9.22. The highest BCUT2D eigenvalue weighted by molar-refractivity contribution is 5.64. The largest absolute Gasteiger partial charge is 0.508 e. The fraction of sp³-hybridized carbons (Fsp3) is 0.143. The van der Waals surface area contributed by atoms with E-state index in [2.05, 4.69) is 0 Å². The second kappa shape index (κ2) is 4.37. The molecule has 0 aliphatic carbocycles. The van der Waals surface area contributed by atoms with Crippen molar-refractivity contribution >= 4 is 0 Å². The van der Waals surface area contributed by atoms with Gasteiger partial charge in [0.2, 0.25) is 0 Å². The van der Waals surface area contributed by atoms with Crippen LogP contribution in [0.15, 0.2) is 48.5 Å². The Morgan fingerprint density at radius 1 is 0.875 bits per heavy atom. The zero-order chi connectivity index (χ0) is 11.5. The highest BCUT2D eigenvalue weighted by Crippen LogP contribution is 2.23. The van der Waals surface area contributed by atoms with Gasteiger partial charge in [-0.15, -0.1) is 0 Å². The first kappa shape index (κ1) is 10.7.